The number of anilines is 2. The van der Waals surface area contributed by atoms with E-state index in [2.05, 4.69) is 15.2 Å². The molecule has 18 nitrogen and oxygen atoms in total. The third-order valence-electron chi connectivity index (χ3n) is 11.7. The largest absolute Gasteiger partial charge is 0.459 e. The highest BCUT2D eigenvalue weighted by Crippen LogP contribution is 2.37. The quantitative estimate of drug-likeness (QED) is 0.189. The van der Waals surface area contributed by atoms with Crippen molar-refractivity contribution >= 4 is 33.5 Å². The normalized spacial score (nSPS) is 37.0. The first-order valence-electron chi connectivity index (χ1n) is 20.1. The van der Waals surface area contributed by atoms with E-state index in [0.29, 0.717) is 12.2 Å². The Morgan fingerprint density at radius 1 is 1.05 bits per heavy atom. The molecule has 0 aliphatic carbocycles. The zero-order valence-electron chi connectivity index (χ0n) is 35.9. The molecule has 0 spiro atoms. The van der Waals surface area contributed by atoms with E-state index in [1.54, 1.807) is 27.7 Å². The lowest BCUT2D eigenvalue weighted by Gasteiger charge is -2.46. The van der Waals surface area contributed by atoms with Gasteiger partial charge >= 0.3 is 12.0 Å². The zero-order valence-corrected chi connectivity index (χ0v) is 36.7. The first kappa shape index (κ1) is 48.3. The fraction of sp³-hybridized carbons (Fsp3) is 0.725. The molecule has 4 rings (SSSR count). The monoisotopic (exact) mass is 855 g/mol. The summed E-state index contributed by atoms with van der Waals surface area (Å²) in [4.78, 5) is 30.9. The SMILES string of the molecule is CC[C@H]1OC(=O)[C@H](C)[C@@H](O)[C@H](C)[C@@H](O[C@@H]2O[C@H](C)C[C@H](N(C)C)[C@H]2O)[C@](C)(O)C[C@@H](C)CN(C(=O)Nc2ccc(S(=O)(=O)Nc3cc(C)on3)cc2)[C@H](C)[C@@H](O)[C@]1(C)O. The number of carbonyl (C=O) groups is 2. The molecule has 0 radical (unpaired) electrons. The number of hydrogen-bond acceptors (Lipinski definition) is 15. The zero-order chi connectivity index (χ0) is 44.4. The molecule has 1 aromatic heterocycles. The van der Waals surface area contributed by atoms with Gasteiger partial charge in [0.15, 0.2) is 12.1 Å². The molecule has 2 aliphatic rings. The number of nitrogens with one attached hydrogen (secondary N) is 2. The van der Waals surface area contributed by atoms with Gasteiger partial charge in [0.05, 0.1) is 40.8 Å². The van der Waals surface area contributed by atoms with Crippen LogP contribution >= 0.6 is 0 Å². The highest BCUT2D eigenvalue weighted by atomic mass is 32.2. The number of hydrogen-bond donors (Lipinski definition) is 7. The molecular weight excluding hydrogens is 791 g/mol. The molecule has 2 amide bonds. The lowest BCUT2D eigenvalue weighted by Crippen LogP contribution is -2.61. The van der Waals surface area contributed by atoms with Crippen LogP contribution in [0.4, 0.5) is 16.3 Å². The number of rotatable bonds is 8. The van der Waals surface area contributed by atoms with E-state index < -0.39 is 93.8 Å². The summed E-state index contributed by atoms with van der Waals surface area (Å²) in [5, 5.41) is 65.4. The number of esters is 1. The van der Waals surface area contributed by atoms with E-state index in [0.717, 1.165) is 0 Å². The molecule has 1 aromatic carbocycles. The number of aliphatic hydroxyl groups is 5. The molecule has 7 N–H and O–H groups in total. The standard InChI is InChI=1S/C40H65N5O13S/c1-12-30-40(9,52)34(48)26(7)45(38(50)41-27-13-15-28(16-14-27)59(53,54)43-31-18-23(4)58-42-31)20-21(2)19-39(8,51)35(24(5)32(46)25(6)36(49)56-30)57-37-33(47)29(44(10)11)17-22(3)55-37/h13-16,18,21-22,24-26,29-30,32-35,37,46-48,51-52H,12,17,19-20H2,1-11H3,(H,41,50)(H,42,43)/t21-,22-,24+,25-,26-,29+,30-,32+,33-,34-,35-,37+,39-,40-/m1/s1. The first-order valence-corrected chi connectivity index (χ1v) is 21.6. The van der Waals surface area contributed by atoms with Gasteiger partial charge in [-0.1, -0.05) is 25.9 Å². The predicted octanol–water partition coefficient (Wildman–Crippen LogP) is 2.68. The maximum Gasteiger partial charge on any atom is 0.322 e. The van der Waals surface area contributed by atoms with Crippen LogP contribution < -0.4 is 10.0 Å². The van der Waals surface area contributed by atoms with Crippen molar-refractivity contribution in [1.82, 2.24) is 15.0 Å². The Morgan fingerprint density at radius 2 is 1.68 bits per heavy atom. The van der Waals surface area contributed by atoms with E-state index in [1.807, 2.05) is 25.9 Å². The lowest BCUT2D eigenvalue weighted by atomic mass is 9.78. The Labute approximate surface area is 347 Å². The van der Waals surface area contributed by atoms with Gasteiger partial charge < -0.3 is 59.4 Å². The number of urea groups is 1. The summed E-state index contributed by atoms with van der Waals surface area (Å²) < 4.78 is 51.5. The van der Waals surface area contributed by atoms with Gasteiger partial charge in [-0.25, -0.2) is 13.2 Å². The van der Waals surface area contributed by atoms with Crippen molar-refractivity contribution in [3.05, 3.63) is 36.1 Å². The van der Waals surface area contributed by atoms with Crippen LogP contribution in [-0.4, -0.2) is 148 Å². The maximum absolute atomic E-state index is 14.2. The van der Waals surface area contributed by atoms with Crippen LogP contribution in [0.3, 0.4) is 0 Å². The second-order valence-electron chi connectivity index (χ2n) is 17.2. The molecule has 19 heteroatoms. The Hall–Kier alpha value is -3.40. The summed E-state index contributed by atoms with van der Waals surface area (Å²) in [6, 6.07) is 4.54. The van der Waals surface area contributed by atoms with Gasteiger partial charge in [-0.3, -0.25) is 9.52 Å². The molecule has 0 unspecified atom stereocenters. The number of ether oxygens (including phenoxy) is 3. The number of nitrogens with zero attached hydrogens (tertiary/aromatic N) is 3. The average molecular weight is 856 g/mol. The minimum Gasteiger partial charge on any atom is -0.459 e. The Morgan fingerprint density at radius 3 is 2.24 bits per heavy atom. The molecule has 0 saturated carbocycles. The lowest BCUT2D eigenvalue weighted by molar-refractivity contribution is -0.299. The van der Waals surface area contributed by atoms with Crippen LogP contribution in [-0.2, 0) is 29.0 Å². The van der Waals surface area contributed by atoms with E-state index in [9.17, 15) is 43.5 Å². The third-order valence-corrected chi connectivity index (χ3v) is 13.1. The summed E-state index contributed by atoms with van der Waals surface area (Å²) in [5.74, 6) is -3.16. The topological polar surface area (TPSA) is 254 Å². The molecular formula is C40H65N5O13S. The third kappa shape index (κ3) is 11.3. The fourth-order valence-electron chi connectivity index (χ4n) is 8.30. The highest BCUT2D eigenvalue weighted by Gasteiger charge is 2.50. The summed E-state index contributed by atoms with van der Waals surface area (Å²) in [6.45, 7) is 14.2. The van der Waals surface area contributed by atoms with Crippen LogP contribution in [0.2, 0.25) is 0 Å². The second kappa shape index (κ2) is 19.1. The first-order chi connectivity index (χ1) is 27.3. The number of amides is 2. The number of carbonyl (C=O) groups excluding carboxylic acids is 2. The number of sulfonamides is 1. The van der Waals surface area contributed by atoms with Gasteiger partial charge in [0.25, 0.3) is 10.0 Å². The van der Waals surface area contributed by atoms with Gasteiger partial charge in [0, 0.05) is 30.3 Å². The predicted molar refractivity (Wildman–Crippen MR) is 217 cm³/mol. The van der Waals surface area contributed by atoms with Crippen LogP contribution in [0.1, 0.15) is 80.4 Å². The van der Waals surface area contributed by atoms with Gasteiger partial charge in [-0.05, 0) is 105 Å². The molecule has 334 valence electrons. The van der Waals surface area contributed by atoms with Crippen molar-refractivity contribution in [2.24, 2.45) is 17.8 Å². The Bertz CT molecular complexity index is 1820. The minimum atomic E-state index is -4.06. The van der Waals surface area contributed by atoms with Crippen molar-refractivity contribution in [3.8, 4) is 0 Å². The molecule has 3 heterocycles. The van der Waals surface area contributed by atoms with E-state index >= 15 is 0 Å². The molecule has 59 heavy (non-hydrogen) atoms. The van der Waals surface area contributed by atoms with Crippen molar-refractivity contribution < 1.29 is 62.3 Å². The summed E-state index contributed by atoms with van der Waals surface area (Å²) in [6.07, 6.45) is -7.78. The summed E-state index contributed by atoms with van der Waals surface area (Å²) in [7, 11) is -0.410. The Kier molecular flexibility index (Phi) is 15.6. The van der Waals surface area contributed by atoms with Crippen molar-refractivity contribution in [3.63, 3.8) is 0 Å². The van der Waals surface area contributed by atoms with E-state index in [4.69, 9.17) is 18.7 Å². The Balaban J connectivity index is 1.70. The number of aliphatic hydroxyl groups excluding tert-OH is 3. The fourth-order valence-corrected chi connectivity index (χ4v) is 9.29. The van der Waals surface area contributed by atoms with Crippen LogP contribution in [0, 0.1) is 24.7 Å². The van der Waals surface area contributed by atoms with Gasteiger partial charge in [-0.15, -0.1) is 0 Å². The van der Waals surface area contributed by atoms with Crippen molar-refractivity contribution in [1.29, 1.82) is 0 Å². The number of benzene rings is 1. The number of cyclic esters (lactones) is 1. The van der Waals surface area contributed by atoms with Gasteiger partial charge in [-0.2, -0.15) is 0 Å². The van der Waals surface area contributed by atoms with Crippen LogP contribution in [0.25, 0.3) is 0 Å². The molecule has 2 aromatic rings. The van der Waals surface area contributed by atoms with Crippen molar-refractivity contribution in [2.45, 2.75) is 153 Å². The second-order valence-corrected chi connectivity index (χ2v) is 18.9. The number of likely N-dealkylation sites (N-methyl/N-ethyl adjacent to an activating group) is 1. The molecule has 2 saturated heterocycles. The van der Waals surface area contributed by atoms with Crippen LogP contribution in [0.5, 0.6) is 0 Å². The number of aromatic nitrogens is 1. The summed E-state index contributed by atoms with van der Waals surface area (Å²) in [5.41, 5.74) is -3.67. The van der Waals surface area contributed by atoms with Gasteiger partial charge in [0.1, 0.15) is 29.7 Å². The maximum atomic E-state index is 14.2. The number of aryl methyl sites for hydroxylation is 1. The molecule has 2 aliphatic heterocycles. The van der Waals surface area contributed by atoms with E-state index in [-0.39, 0.29) is 47.9 Å². The highest BCUT2D eigenvalue weighted by molar-refractivity contribution is 7.92. The molecule has 0 bridgehead atoms. The molecule has 14 atom stereocenters. The van der Waals surface area contributed by atoms with Crippen LogP contribution in [0.15, 0.2) is 39.8 Å². The van der Waals surface area contributed by atoms with E-state index in [1.165, 1.54) is 62.9 Å². The van der Waals surface area contributed by atoms with Crippen molar-refractivity contribution in [2.75, 3.05) is 30.7 Å². The molecule has 2 fully saturated rings. The minimum absolute atomic E-state index is 0.000701. The van der Waals surface area contributed by atoms with Gasteiger partial charge in [0.2, 0.25) is 0 Å². The smallest absolute Gasteiger partial charge is 0.322 e. The average Bonchev–Trinajstić information content (AvgIpc) is 3.56. The summed E-state index contributed by atoms with van der Waals surface area (Å²) >= 11 is 0.